The molecular formula is C20H20BrFN10O3. The minimum atomic E-state index is -0.383. The zero-order valence-electron chi connectivity index (χ0n) is 18.1. The highest BCUT2D eigenvalue weighted by atomic mass is 79.9. The highest BCUT2D eigenvalue weighted by Gasteiger charge is 2.16. The number of carbonyl (C=O) groups excluding carboxylic acids is 1. The van der Waals surface area contributed by atoms with E-state index >= 15 is 0 Å². The summed E-state index contributed by atoms with van der Waals surface area (Å²) in [5.41, 5.74) is 3.92. The lowest BCUT2D eigenvalue weighted by Gasteiger charge is -2.06. The molecule has 3 heterocycles. The van der Waals surface area contributed by atoms with E-state index in [1.165, 1.54) is 6.07 Å². The van der Waals surface area contributed by atoms with Crippen molar-refractivity contribution in [2.75, 3.05) is 11.9 Å². The fraction of sp³-hybridized carbons (Fsp3) is 0.200. The summed E-state index contributed by atoms with van der Waals surface area (Å²) in [4.78, 5) is 19.1. The topological polar surface area (TPSA) is 171 Å². The van der Waals surface area contributed by atoms with Crippen LogP contribution in [-0.4, -0.2) is 53.8 Å². The number of nitrogens with zero attached hydrogens (tertiary/aromatic N) is 6. The van der Waals surface area contributed by atoms with Gasteiger partial charge in [0, 0.05) is 12.7 Å². The van der Waals surface area contributed by atoms with Crippen LogP contribution in [-0.2, 0) is 19.6 Å². The molecule has 4 aromatic rings. The van der Waals surface area contributed by atoms with E-state index in [1.807, 2.05) is 5.48 Å². The molecule has 0 atom stereocenters. The van der Waals surface area contributed by atoms with Gasteiger partial charge in [-0.15, -0.1) is 5.10 Å². The number of carbonyl (C=O) groups is 1. The lowest BCUT2D eigenvalue weighted by Crippen LogP contribution is -2.23. The number of aromatic nitrogens is 6. The van der Waals surface area contributed by atoms with Crippen molar-refractivity contribution >= 4 is 33.5 Å². The van der Waals surface area contributed by atoms with Gasteiger partial charge in [-0.1, -0.05) is 11.3 Å². The molecule has 0 spiro atoms. The molecule has 0 aliphatic rings. The number of amidine groups is 1. The van der Waals surface area contributed by atoms with Gasteiger partial charge in [0.2, 0.25) is 5.82 Å². The molecule has 0 saturated carbocycles. The number of benzene rings is 1. The molecule has 13 nitrogen and oxygen atoms in total. The van der Waals surface area contributed by atoms with Gasteiger partial charge in [-0.3, -0.25) is 25.2 Å². The summed E-state index contributed by atoms with van der Waals surface area (Å²) in [6.07, 6.45) is 3.38. The van der Waals surface area contributed by atoms with E-state index in [1.54, 1.807) is 41.3 Å². The molecule has 3 aromatic heterocycles. The van der Waals surface area contributed by atoms with Crippen LogP contribution in [0.4, 0.5) is 10.2 Å². The predicted octanol–water partition coefficient (Wildman–Crippen LogP) is 1.86. The lowest BCUT2D eigenvalue weighted by molar-refractivity contribution is 0.0946. The number of nitrogens with one attached hydrogen (secondary N) is 4. The van der Waals surface area contributed by atoms with E-state index < -0.39 is 0 Å². The second-order valence-electron chi connectivity index (χ2n) is 7.15. The molecule has 1 amide bonds. The maximum absolute atomic E-state index is 13.4. The maximum atomic E-state index is 13.4. The highest BCUT2D eigenvalue weighted by molar-refractivity contribution is 9.10. The molecular weight excluding hydrogens is 527 g/mol. The van der Waals surface area contributed by atoms with Crippen LogP contribution in [0.5, 0.6) is 0 Å². The predicted molar refractivity (Wildman–Crippen MR) is 124 cm³/mol. The Morgan fingerprint density at radius 3 is 2.97 bits per heavy atom. The normalized spacial score (nSPS) is 11.5. The van der Waals surface area contributed by atoms with Crippen molar-refractivity contribution in [1.82, 2.24) is 41.1 Å². The standard InChI is InChI=1S/C20H20BrFN10O3/c21-14-8-12(3-4-15(14)22)9-25-18(28-34)17-19(30-35-29-17)24-6-7-32-11-13(27-31-32)10-26-20(33)16-2-1-5-23-16/h1-5,8,11,23,34H,6-7,9-10H2,(H,24,30)(H,25,28)(H,26,33). The lowest BCUT2D eigenvalue weighted by atomic mass is 10.2. The number of halogens is 2. The molecule has 0 fully saturated rings. The molecule has 0 unspecified atom stereocenters. The third-order valence-corrected chi connectivity index (χ3v) is 5.32. The third-order valence-electron chi connectivity index (χ3n) is 4.71. The van der Waals surface area contributed by atoms with Crippen molar-refractivity contribution in [2.24, 2.45) is 4.99 Å². The Morgan fingerprint density at radius 2 is 2.20 bits per heavy atom. The summed E-state index contributed by atoms with van der Waals surface area (Å²) in [7, 11) is 0. The Bertz CT molecular complexity index is 1300. The first-order valence-electron chi connectivity index (χ1n) is 10.3. The summed E-state index contributed by atoms with van der Waals surface area (Å²) in [5.74, 6) is -0.343. The van der Waals surface area contributed by atoms with E-state index in [4.69, 9.17) is 4.63 Å². The van der Waals surface area contributed by atoms with Crippen LogP contribution >= 0.6 is 15.9 Å². The second kappa shape index (κ2) is 11.3. The van der Waals surface area contributed by atoms with Crippen LogP contribution < -0.4 is 16.1 Å². The van der Waals surface area contributed by atoms with Crippen LogP contribution in [0.25, 0.3) is 0 Å². The monoisotopic (exact) mass is 546 g/mol. The summed E-state index contributed by atoms with van der Waals surface area (Å²) >= 11 is 3.13. The average molecular weight is 547 g/mol. The first-order chi connectivity index (χ1) is 17.0. The van der Waals surface area contributed by atoms with Crippen molar-refractivity contribution in [1.29, 1.82) is 0 Å². The van der Waals surface area contributed by atoms with Gasteiger partial charge >= 0.3 is 0 Å². The number of hydrogen-bond acceptors (Lipinski definition) is 9. The maximum Gasteiger partial charge on any atom is 0.268 e. The number of hydroxylamine groups is 1. The second-order valence-corrected chi connectivity index (χ2v) is 8.01. The zero-order valence-corrected chi connectivity index (χ0v) is 19.7. The van der Waals surface area contributed by atoms with E-state index in [0.717, 1.165) is 0 Å². The fourth-order valence-electron chi connectivity index (χ4n) is 2.99. The summed E-state index contributed by atoms with van der Waals surface area (Å²) in [6.45, 7) is 1.18. The molecule has 35 heavy (non-hydrogen) atoms. The first kappa shape index (κ1) is 24.0. The van der Waals surface area contributed by atoms with Crippen molar-refractivity contribution < 1.29 is 19.0 Å². The summed E-state index contributed by atoms with van der Waals surface area (Å²) in [6, 6.07) is 7.90. The van der Waals surface area contributed by atoms with Crippen molar-refractivity contribution in [2.45, 2.75) is 19.6 Å². The number of aliphatic imine (C=N–C) groups is 1. The number of H-pyrrole nitrogens is 1. The number of amides is 1. The Kier molecular flexibility index (Phi) is 7.79. The van der Waals surface area contributed by atoms with Crippen molar-refractivity contribution in [3.63, 3.8) is 0 Å². The van der Waals surface area contributed by atoms with Gasteiger partial charge in [0.15, 0.2) is 11.5 Å². The van der Waals surface area contributed by atoms with Gasteiger partial charge in [-0.05, 0) is 56.1 Å². The Balaban J connectivity index is 1.30. The van der Waals surface area contributed by atoms with Gasteiger partial charge in [0.05, 0.1) is 30.3 Å². The molecule has 1 aromatic carbocycles. The summed E-state index contributed by atoms with van der Waals surface area (Å²) in [5, 5.41) is 30.9. The Labute approximate surface area is 205 Å². The van der Waals surface area contributed by atoms with Gasteiger partial charge in [0.25, 0.3) is 5.91 Å². The Morgan fingerprint density at radius 1 is 1.31 bits per heavy atom. The molecule has 5 N–H and O–H groups in total. The molecule has 0 aliphatic heterocycles. The SMILES string of the molecule is O=C(NCc1cn(CCNc2nonc2C(=NCc2ccc(F)c(Br)c2)NO)nn1)c1ccc[nH]1. The minimum absolute atomic E-state index is 0.0232. The molecule has 4 rings (SSSR count). The molecule has 0 saturated heterocycles. The van der Waals surface area contributed by atoms with Crippen LogP contribution in [0, 0.1) is 5.82 Å². The first-order valence-corrected chi connectivity index (χ1v) is 11.1. The largest absolute Gasteiger partial charge is 0.363 e. The van der Waals surface area contributed by atoms with Gasteiger partial charge < -0.3 is 15.6 Å². The fourth-order valence-corrected chi connectivity index (χ4v) is 3.41. The quantitative estimate of drug-likeness (QED) is 0.113. The van der Waals surface area contributed by atoms with Crippen LogP contribution in [0.3, 0.4) is 0 Å². The van der Waals surface area contributed by atoms with Gasteiger partial charge in [-0.25, -0.2) is 9.02 Å². The number of aromatic amines is 1. The van der Waals surface area contributed by atoms with E-state index in [2.05, 4.69) is 57.2 Å². The molecule has 182 valence electrons. The van der Waals surface area contributed by atoms with E-state index in [9.17, 15) is 14.4 Å². The van der Waals surface area contributed by atoms with Crippen molar-refractivity contribution in [3.8, 4) is 0 Å². The van der Waals surface area contributed by atoms with Gasteiger partial charge in [0.1, 0.15) is 17.2 Å². The van der Waals surface area contributed by atoms with Crippen molar-refractivity contribution in [3.05, 3.63) is 75.7 Å². The Hall–Kier alpha value is -4.11. The van der Waals surface area contributed by atoms with E-state index in [-0.39, 0.29) is 42.2 Å². The molecule has 0 bridgehead atoms. The summed E-state index contributed by atoms with van der Waals surface area (Å²) < 4.78 is 20.1. The molecule has 15 heteroatoms. The molecule has 0 radical (unpaired) electrons. The number of hydrogen-bond donors (Lipinski definition) is 5. The average Bonchev–Trinajstić information content (AvgIpc) is 3.63. The minimum Gasteiger partial charge on any atom is -0.363 e. The van der Waals surface area contributed by atoms with Crippen LogP contribution in [0.15, 0.2) is 56.8 Å². The van der Waals surface area contributed by atoms with Crippen LogP contribution in [0.1, 0.15) is 27.4 Å². The third kappa shape index (κ3) is 6.27. The smallest absolute Gasteiger partial charge is 0.268 e. The number of rotatable bonds is 10. The highest BCUT2D eigenvalue weighted by Crippen LogP contribution is 2.18. The van der Waals surface area contributed by atoms with Gasteiger partial charge in [-0.2, -0.15) is 0 Å². The van der Waals surface area contributed by atoms with E-state index in [0.29, 0.717) is 34.5 Å². The number of anilines is 1. The molecule has 0 aliphatic carbocycles. The van der Waals surface area contributed by atoms with Crippen LogP contribution in [0.2, 0.25) is 0 Å². The zero-order chi connectivity index (χ0) is 24.6.